The Morgan fingerprint density at radius 3 is 2.81 bits per heavy atom. The second-order valence-corrected chi connectivity index (χ2v) is 7.65. The molecule has 2 atom stereocenters. The van der Waals surface area contributed by atoms with Crippen LogP contribution in [0.1, 0.15) is 35.2 Å². The van der Waals surface area contributed by atoms with Gasteiger partial charge in [0, 0.05) is 44.5 Å². The Balaban J connectivity index is 0.00000261. The van der Waals surface area contributed by atoms with E-state index in [1.54, 1.807) is 11.3 Å². The summed E-state index contributed by atoms with van der Waals surface area (Å²) in [6, 6.07) is 10.5. The SMILES string of the molecule is CN=C(NCCc1csc(C)n1)NCC1CCCOC1c1ccccc1.I. The first-order valence-corrected chi connectivity index (χ1v) is 10.2. The highest BCUT2D eigenvalue weighted by molar-refractivity contribution is 14.0. The van der Waals surface area contributed by atoms with Gasteiger partial charge in [-0.15, -0.1) is 35.3 Å². The van der Waals surface area contributed by atoms with Crippen molar-refractivity contribution in [1.82, 2.24) is 15.6 Å². The van der Waals surface area contributed by atoms with Gasteiger partial charge in [0.05, 0.1) is 16.8 Å². The van der Waals surface area contributed by atoms with Gasteiger partial charge in [0.1, 0.15) is 0 Å². The van der Waals surface area contributed by atoms with Crippen LogP contribution in [0.15, 0.2) is 40.7 Å². The number of halogens is 1. The minimum atomic E-state index is 0. The molecule has 5 nitrogen and oxygen atoms in total. The predicted octanol–water partition coefficient (Wildman–Crippen LogP) is 3.94. The molecule has 0 spiro atoms. The number of hydrogen-bond donors (Lipinski definition) is 2. The van der Waals surface area contributed by atoms with Crippen molar-refractivity contribution in [2.75, 3.05) is 26.7 Å². The average molecular weight is 500 g/mol. The van der Waals surface area contributed by atoms with E-state index in [1.165, 1.54) is 12.0 Å². The van der Waals surface area contributed by atoms with E-state index in [1.807, 2.05) is 14.0 Å². The summed E-state index contributed by atoms with van der Waals surface area (Å²) >= 11 is 1.70. The van der Waals surface area contributed by atoms with Gasteiger partial charge >= 0.3 is 0 Å². The molecule has 3 rings (SSSR count). The third kappa shape index (κ3) is 6.73. The maximum absolute atomic E-state index is 6.08. The highest BCUT2D eigenvalue weighted by Gasteiger charge is 2.27. The molecule has 0 bridgehead atoms. The van der Waals surface area contributed by atoms with Crippen molar-refractivity contribution >= 4 is 41.3 Å². The molecule has 1 saturated heterocycles. The predicted molar refractivity (Wildman–Crippen MR) is 123 cm³/mol. The fraction of sp³-hybridized carbons (Fsp3) is 0.500. The van der Waals surface area contributed by atoms with Crippen LogP contribution in [0.3, 0.4) is 0 Å². The molecule has 1 fully saturated rings. The molecule has 7 heteroatoms. The number of nitrogens with one attached hydrogen (secondary N) is 2. The van der Waals surface area contributed by atoms with E-state index in [0.29, 0.717) is 5.92 Å². The van der Waals surface area contributed by atoms with Crippen molar-refractivity contribution in [1.29, 1.82) is 0 Å². The summed E-state index contributed by atoms with van der Waals surface area (Å²) in [5.41, 5.74) is 2.40. The normalized spacial score (nSPS) is 20.0. The number of hydrogen-bond acceptors (Lipinski definition) is 4. The zero-order valence-electron chi connectivity index (χ0n) is 16.0. The minimum Gasteiger partial charge on any atom is -0.373 e. The number of ether oxygens (including phenoxy) is 1. The van der Waals surface area contributed by atoms with Gasteiger partial charge in [0.15, 0.2) is 5.96 Å². The fourth-order valence-corrected chi connectivity index (χ4v) is 3.99. The Bertz CT molecular complexity index is 707. The minimum absolute atomic E-state index is 0. The Labute approximate surface area is 183 Å². The summed E-state index contributed by atoms with van der Waals surface area (Å²) in [4.78, 5) is 8.84. The third-order valence-electron chi connectivity index (χ3n) is 4.67. The molecule has 148 valence electrons. The number of aromatic nitrogens is 1. The number of thiazole rings is 1. The van der Waals surface area contributed by atoms with Crippen molar-refractivity contribution in [3.8, 4) is 0 Å². The smallest absolute Gasteiger partial charge is 0.191 e. The monoisotopic (exact) mass is 500 g/mol. The number of guanidine groups is 1. The summed E-state index contributed by atoms with van der Waals surface area (Å²) in [5, 5.41) is 10.1. The number of benzene rings is 1. The topological polar surface area (TPSA) is 58.5 Å². The third-order valence-corrected chi connectivity index (χ3v) is 5.49. The first-order valence-electron chi connectivity index (χ1n) is 9.28. The van der Waals surface area contributed by atoms with Gasteiger partial charge in [-0.05, 0) is 25.3 Å². The number of aliphatic imine (C=N–C) groups is 1. The maximum atomic E-state index is 6.08. The molecule has 0 radical (unpaired) electrons. The molecule has 1 aromatic heterocycles. The summed E-state index contributed by atoms with van der Waals surface area (Å²) in [7, 11) is 1.81. The molecule has 2 aromatic rings. The van der Waals surface area contributed by atoms with Crippen LogP contribution in [-0.2, 0) is 11.2 Å². The van der Waals surface area contributed by atoms with Gasteiger partial charge in [-0.25, -0.2) is 4.98 Å². The first-order chi connectivity index (χ1) is 12.8. The standard InChI is InChI=1S/C20H28N4OS.HI/c1-15-24-18(14-26-15)10-11-22-20(21-2)23-13-17-9-6-12-25-19(17)16-7-4-3-5-8-16;/h3-5,7-8,14,17,19H,6,9-13H2,1-2H3,(H2,21,22,23);1H. The number of aryl methyl sites for hydroxylation is 1. The van der Waals surface area contributed by atoms with Gasteiger partial charge in [-0.3, -0.25) is 4.99 Å². The Kier molecular flexibility index (Phi) is 9.50. The van der Waals surface area contributed by atoms with Gasteiger partial charge < -0.3 is 15.4 Å². The molecular weight excluding hydrogens is 471 g/mol. The van der Waals surface area contributed by atoms with E-state index in [4.69, 9.17) is 4.74 Å². The van der Waals surface area contributed by atoms with E-state index in [0.717, 1.165) is 49.2 Å². The van der Waals surface area contributed by atoms with Crippen molar-refractivity contribution in [2.45, 2.75) is 32.3 Å². The van der Waals surface area contributed by atoms with Crippen molar-refractivity contribution < 1.29 is 4.74 Å². The zero-order valence-corrected chi connectivity index (χ0v) is 19.1. The van der Waals surface area contributed by atoms with Crippen molar-refractivity contribution in [3.63, 3.8) is 0 Å². The van der Waals surface area contributed by atoms with E-state index in [2.05, 4.69) is 56.3 Å². The fourth-order valence-electron chi connectivity index (χ4n) is 3.34. The maximum Gasteiger partial charge on any atom is 0.191 e. The Hall–Kier alpha value is -1.19. The Morgan fingerprint density at radius 2 is 2.11 bits per heavy atom. The molecule has 0 aliphatic carbocycles. The summed E-state index contributed by atoms with van der Waals surface area (Å²) < 4.78 is 6.08. The second-order valence-electron chi connectivity index (χ2n) is 6.59. The molecule has 0 amide bonds. The van der Waals surface area contributed by atoms with Crippen LogP contribution < -0.4 is 10.6 Å². The zero-order chi connectivity index (χ0) is 18.2. The van der Waals surface area contributed by atoms with Gasteiger partial charge in [0.2, 0.25) is 0 Å². The largest absolute Gasteiger partial charge is 0.373 e. The second kappa shape index (κ2) is 11.6. The number of nitrogens with zero attached hydrogens (tertiary/aromatic N) is 2. The average Bonchev–Trinajstić information content (AvgIpc) is 3.10. The van der Waals surface area contributed by atoms with Crippen LogP contribution in [-0.4, -0.2) is 37.7 Å². The van der Waals surface area contributed by atoms with Crippen LogP contribution in [0.2, 0.25) is 0 Å². The van der Waals surface area contributed by atoms with Crippen molar-refractivity contribution in [2.24, 2.45) is 10.9 Å². The van der Waals surface area contributed by atoms with E-state index in [9.17, 15) is 0 Å². The first kappa shape index (κ1) is 22.1. The van der Waals surface area contributed by atoms with Crippen LogP contribution in [0.4, 0.5) is 0 Å². The van der Waals surface area contributed by atoms with Crippen LogP contribution in [0, 0.1) is 12.8 Å². The highest BCUT2D eigenvalue weighted by Crippen LogP contribution is 2.32. The molecule has 0 saturated carbocycles. The molecular formula is C20H29IN4OS. The molecule has 2 N–H and O–H groups in total. The van der Waals surface area contributed by atoms with E-state index in [-0.39, 0.29) is 30.1 Å². The van der Waals surface area contributed by atoms with Crippen LogP contribution in [0.25, 0.3) is 0 Å². The lowest BCUT2D eigenvalue weighted by Crippen LogP contribution is -2.42. The molecule has 2 heterocycles. The van der Waals surface area contributed by atoms with Gasteiger partial charge in [-0.1, -0.05) is 30.3 Å². The van der Waals surface area contributed by atoms with E-state index < -0.39 is 0 Å². The molecule has 1 aliphatic heterocycles. The summed E-state index contributed by atoms with van der Waals surface area (Å²) in [6.45, 7) is 4.56. The molecule has 27 heavy (non-hydrogen) atoms. The summed E-state index contributed by atoms with van der Waals surface area (Å²) in [5.74, 6) is 1.29. The lowest BCUT2D eigenvalue weighted by molar-refractivity contribution is -0.0265. The van der Waals surface area contributed by atoms with E-state index >= 15 is 0 Å². The Morgan fingerprint density at radius 1 is 1.30 bits per heavy atom. The molecule has 1 aromatic carbocycles. The lowest BCUT2D eigenvalue weighted by atomic mass is 9.89. The quantitative estimate of drug-likeness (QED) is 0.359. The van der Waals surface area contributed by atoms with Gasteiger partial charge in [-0.2, -0.15) is 0 Å². The highest BCUT2D eigenvalue weighted by atomic mass is 127. The molecule has 1 aliphatic rings. The molecule has 2 unspecified atom stereocenters. The lowest BCUT2D eigenvalue weighted by Gasteiger charge is -2.32. The van der Waals surface area contributed by atoms with Crippen molar-refractivity contribution in [3.05, 3.63) is 52.0 Å². The summed E-state index contributed by atoms with van der Waals surface area (Å²) in [6.07, 6.45) is 3.35. The van der Waals surface area contributed by atoms with Gasteiger partial charge in [0.25, 0.3) is 0 Å². The number of rotatable bonds is 6. The van der Waals surface area contributed by atoms with Crippen LogP contribution >= 0.6 is 35.3 Å². The van der Waals surface area contributed by atoms with Crippen LogP contribution in [0.5, 0.6) is 0 Å².